The highest BCUT2D eigenvalue weighted by molar-refractivity contribution is 9.10. The van der Waals surface area contributed by atoms with Crippen LogP contribution in [-0.2, 0) is 6.54 Å². The van der Waals surface area contributed by atoms with Gasteiger partial charge in [-0.25, -0.2) is 0 Å². The fraction of sp³-hybridized carbons (Fsp3) is 0.600. The molecule has 0 bridgehead atoms. The van der Waals surface area contributed by atoms with E-state index in [2.05, 4.69) is 70.0 Å². The van der Waals surface area contributed by atoms with Crippen molar-refractivity contribution in [1.82, 2.24) is 5.32 Å². The fourth-order valence-corrected chi connectivity index (χ4v) is 3.86. The maximum absolute atomic E-state index is 3.59. The van der Waals surface area contributed by atoms with Gasteiger partial charge in [-0.1, -0.05) is 29.8 Å². The lowest BCUT2D eigenvalue weighted by Gasteiger charge is -2.34. The smallest absolute Gasteiger partial charge is 0.0413 e. The molecule has 0 saturated carbocycles. The molecule has 0 aliphatic carbocycles. The second-order valence-corrected chi connectivity index (χ2v) is 7.54. The highest BCUT2D eigenvalue weighted by atomic mass is 79.9. The quantitative estimate of drug-likeness (QED) is 0.817. The Bertz CT molecular complexity index is 411. The summed E-state index contributed by atoms with van der Waals surface area (Å²) >= 11 is 5.67. The molecule has 2 rings (SSSR count). The molecule has 106 valence electrons. The van der Waals surface area contributed by atoms with Gasteiger partial charge in [0.15, 0.2) is 0 Å². The number of anilines is 1. The molecule has 1 aromatic rings. The van der Waals surface area contributed by atoms with Crippen molar-refractivity contribution >= 4 is 33.4 Å². The summed E-state index contributed by atoms with van der Waals surface area (Å²) in [5.74, 6) is 1.24. The van der Waals surface area contributed by atoms with Crippen LogP contribution in [0.5, 0.6) is 0 Å². The Kier molecular flexibility index (Phi) is 6.05. The zero-order valence-electron chi connectivity index (χ0n) is 11.8. The summed E-state index contributed by atoms with van der Waals surface area (Å²) in [4.78, 5) is 2.54. The second-order valence-electron chi connectivity index (χ2n) is 5.08. The van der Waals surface area contributed by atoms with E-state index >= 15 is 0 Å². The minimum absolute atomic E-state index is 0.730. The molecule has 19 heavy (non-hydrogen) atoms. The normalized spacial score (nSPS) is 19.7. The molecule has 1 heterocycles. The van der Waals surface area contributed by atoms with Crippen molar-refractivity contribution in [3.8, 4) is 0 Å². The van der Waals surface area contributed by atoms with E-state index in [1.165, 1.54) is 27.9 Å². The minimum Gasteiger partial charge on any atom is -0.369 e. The highest BCUT2D eigenvalue weighted by Gasteiger charge is 2.19. The van der Waals surface area contributed by atoms with Crippen LogP contribution in [0.15, 0.2) is 22.7 Å². The zero-order chi connectivity index (χ0) is 13.7. The Labute approximate surface area is 129 Å². The van der Waals surface area contributed by atoms with Gasteiger partial charge in [0.2, 0.25) is 0 Å². The van der Waals surface area contributed by atoms with Crippen LogP contribution in [0.1, 0.15) is 25.8 Å². The predicted octanol–water partition coefficient (Wildman–Crippen LogP) is 3.89. The number of rotatable bonds is 5. The van der Waals surface area contributed by atoms with E-state index in [1.54, 1.807) is 0 Å². The molecule has 1 aliphatic heterocycles. The molecular weight excluding hydrogens is 320 g/mol. The van der Waals surface area contributed by atoms with Gasteiger partial charge in [-0.05, 0) is 36.7 Å². The summed E-state index contributed by atoms with van der Waals surface area (Å²) in [6, 6.07) is 6.67. The topological polar surface area (TPSA) is 15.3 Å². The standard InChI is InChI=1S/C15H23BrN2S/c1-3-6-17-10-13-9-14(16)4-5-15(13)18-7-8-19-12(2)11-18/h4-5,9,12,17H,3,6-8,10-11H2,1-2H3. The lowest BCUT2D eigenvalue weighted by molar-refractivity contribution is 0.671. The predicted molar refractivity (Wildman–Crippen MR) is 90.3 cm³/mol. The maximum atomic E-state index is 3.59. The van der Waals surface area contributed by atoms with Crippen LogP contribution in [0.25, 0.3) is 0 Å². The number of nitrogens with one attached hydrogen (secondary N) is 1. The van der Waals surface area contributed by atoms with Crippen molar-refractivity contribution in [2.75, 3.05) is 30.3 Å². The molecule has 1 atom stereocenters. The van der Waals surface area contributed by atoms with Crippen molar-refractivity contribution in [2.24, 2.45) is 0 Å². The van der Waals surface area contributed by atoms with E-state index in [4.69, 9.17) is 0 Å². The third-order valence-corrected chi connectivity index (χ3v) is 5.00. The second kappa shape index (κ2) is 7.55. The molecule has 0 amide bonds. The van der Waals surface area contributed by atoms with Crippen LogP contribution in [0, 0.1) is 0 Å². The van der Waals surface area contributed by atoms with Crippen molar-refractivity contribution in [3.05, 3.63) is 28.2 Å². The van der Waals surface area contributed by atoms with Gasteiger partial charge in [0, 0.05) is 40.8 Å². The monoisotopic (exact) mass is 342 g/mol. The van der Waals surface area contributed by atoms with Gasteiger partial charge in [0.05, 0.1) is 0 Å². The number of thioether (sulfide) groups is 1. The van der Waals surface area contributed by atoms with Crippen molar-refractivity contribution in [1.29, 1.82) is 0 Å². The Balaban J connectivity index is 2.13. The van der Waals surface area contributed by atoms with Crippen LogP contribution in [0.4, 0.5) is 5.69 Å². The maximum Gasteiger partial charge on any atom is 0.0413 e. The number of benzene rings is 1. The molecule has 0 radical (unpaired) electrons. The van der Waals surface area contributed by atoms with E-state index < -0.39 is 0 Å². The zero-order valence-corrected chi connectivity index (χ0v) is 14.2. The average molecular weight is 343 g/mol. The number of halogens is 1. The molecular formula is C15H23BrN2S. The minimum atomic E-state index is 0.730. The third kappa shape index (κ3) is 4.40. The molecule has 1 aromatic carbocycles. The van der Waals surface area contributed by atoms with E-state index in [1.807, 2.05) is 0 Å². The van der Waals surface area contributed by atoms with Crippen LogP contribution < -0.4 is 10.2 Å². The summed E-state index contributed by atoms with van der Waals surface area (Å²) in [6.45, 7) is 8.90. The van der Waals surface area contributed by atoms with Gasteiger partial charge in [0.1, 0.15) is 0 Å². The van der Waals surface area contributed by atoms with Crippen molar-refractivity contribution < 1.29 is 0 Å². The average Bonchev–Trinajstić information content (AvgIpc) is 2.39. The summed E-state index contributed by atoms with van der Waals surface area (Å²) in [5.41, 5.74) is 2.81. The summed E-state index contributed by atoms with van der Waals surface area (Å²) < 4.78 is 1.17. The Morgan fingerprint density at radius 2 is 2.32 bits per heavy atom. The van der Waals surface area contributed by atoms with Crippen molar-refractivity contribution in [2.45, 2.75) is 32.1 Å². The molecule has 0 spiro atoms. The summed E-state index contributed by atoms with van der Waals surface area (Å²) in [5, 5.41) is 4.25. The lowest BCUT2D eigenvalue weighted by Crippen LogP contribution is -2.37. The van der Waals surface area contributed by atoms with Crippen LogP contribution in [-0.4, -0.2) is 30.6 Å². The van der Waals surface area contributed by atoms with E-state index in [9.17, 15) is 0 Å². The fourth-order valence-electron chi connectivity index (χ4n) is 2.44. The lowest BCUT2D eigenvalue weighted by atomic mass is 10.1. The Hall–Kier alpha value is -0.190. The first-order valence-electron chi connectivity index (χ1n) is 7.06. The SMILES string of the molecule is CCCNCc1cc(Br)ccc1N1CCSC(C)C1. The van der Waals surface area contributed by atoms with Crippen LogP contribution in [0.3, 0.4) is 0 Å². The van der Waals surface area contributed by atoms with E-state index in [0.717, 1.165) is 31.4 Å². The molecule has 1 N–H and O–H groups in total. The van der Waals surface area contributed by atoms with Gasteiger partial charge in [-0.2, -0.15) is 11.8 Å². The number of hydrogen-bond acceptors (Lipinski definition) is 3. The highest BCUT2D eigenvalue weighted by Crippen LogP contribution is 2.29. The van der Waals surface area contributed by atoms with Gasteiger partial charge in [-0.15, -0.1) is 0 Å². The molecule has 1 saturated heterocycles. The van der Waals surface area contributed by atoms with Gasteiger partial charge in [-0.3, -0.25) is 0 Å². The first-order chi connectivity index (χ1) is 9.20. The van der Waals surface area contributed by atoms with Gasteiger partial charge >= 0.3 is 0 Å². The molecule has 2 nitrogen and oxygen atoms in total. The Morgan fingerprint density at radius 1 is 1.47 bits per heavy atom. The van der Waals surface area contributed by atoms with E-state index in [-0.39, 0.29) is 0 Å². The van der Waals surface area contributed by atoms with Crippen molar-refractivity contribution in [3.63, 3.8) is 0 Å². The van der Waals surface area contributed by atoms with Crippen LogP contribution in [0.2, 0.25) is 0 Å². The molecule has 1 aliphatic rings. The Morgan fingerprint density at radius 3 is 3.05 bits per heavy atom. The third-order valence-electron chi connectivity index (χ3n) is 3.37. The molecule has 1 fully saturated rings. The molecule has 4 heteroatoms. The summed E-state index contributed by atoms with van der Waals surface area (Å²) in [7, 11) is 0. The van der Waals surface area contributed by atoms with E-state index in [0.29, 0.717) is 0 Å². The number of hydrogen-bond donors (Lipinski definition) is 1. The first kappa shape index (κ1) is 15.2. The largest absolute Gasteiger partial charge is 0.369 e. The number of nitrogens with zero attached hydrogens (tertiary/aromatic N) is 1. The van der Waals surface area contributed by atoms with Gasteiger partial charge in [0.25, 0.3) is 0 Å². The first-order valence-corrected chi connectivity index (χ1v) is 8.90. The summed E-state index contributed by atoms with van der Waals surface area (Å²) in [6.07, 6.45) is 1.18. The molecule has 0 aromatic heterocycles. The van der Waals surface area contributed by atoms with Crippen LogP contribution >= 0.6 is 27.7 Å². The van der Waals surface area contributed by atoms with Gasteiger partial charge < -0.3 is 10.2 Å². The molecule has 1 unspecified atom stereocenters.